The monoisotopic (exact) mass is 445 g/mol. The number of carbonyl (C=O) groups is 1. The van der Waals surface area contributed by atoms with Gasteiger partial charge in [0.1, 0.15) is 11.5 Å². The van der Waals surface area contributed by atoms with Gasteiger partial charge in [0, 0.05) is 10.0 Å². The quantitative estimate of drug-likeness (QED) is 0.594. The second-order valence-electron chi connectivity index (χ2n) is 6.18. The van der Waals surface area contributed by atoms with E-state index in [2.05, 4.69) is 31.4 Å². The second kappa shape index (κ2) is 8.88. The van der Waals surface area contributed by atoms with Crippen molar-refractivity contribution in [1.29, 1.82) is 0 Å². The van der Waals surface area contributed by atoms with E-state index in [-0.39, 0.29) is 19.1 Å². The van der Waals surface area contributed by atoms with Crippen LogP contribution in [0.15, 0.2) is 45.4 Å². The summed E-state index contributed by atoms with van der Waals surface area (Å²) in [6.45, 7) is 3.97. The molecule has 3 rings (SSSR count). The number of aryl methyl sites for hydroxylation is 2. The minimum absolute atomic E-state index is 0.0998. The van der Waals surface area contributed by atoms with Gasteiger partial charge >= 0.3 is 0 Å². The van der Waals surface area contributed by atoms with Crippen LogP contribution in [0.25, 0.3) is 11.4 Å². The Kier molecular flexibility index (Phi) is 6.30. The predicted molar refractivity (Wildman–Crippen MR) is 107 cm³/mol. The van der Waals surface area contributed by atoms with E-state index in [1.165, 1.54) is 0 Å². The number of ether oxygens (including phenoxy) is 2. The zero-order valence-corrected chi connectivity index (χ0v) is 17.4. The fourth-order valence-electron chi connectivity index (χ4n) is 2.57. The molecule has 0 radical (unpaired) electrons. The summed E-state index contributed by atoms with van der Waals surface area (Å²) >= 11 is 3.51. The summed E-state index contributed by atoms with van der Waals surface area (Å²) in [6, 6.07) is 11.1. The standard InChI is InChI=1S/C20H20BrN3O4/c1-12-7-16(8-13(2)19(12)21)27-11-17(25)22-10-18-23-20(24-28-18)14-5-4-6-15(9-14)26-3/h4-9H,10-11H2,1-3H3,(H,22,25). The summed E-state index contributed by atoms with van der Waals surface area (Å²) in [5.41, 5.74) is 2.86. The van der Waals surface area contributed by atoms with Gasteiger partial charge in [-0.3, -0.25) is 4.79 Å². The Hall–Kier alpha value is -2.87. The van der Waals surface area contributed by atoms with Crippen LogP contribution in [0.4, 0.5) is 0 Å². The van der Waals surface area contributed by atoms with Crippen molar-refractivity contribution in [3.05, 3.63) is 57.9 Å². The summed E-state index contributed by atoms with van der Waals surface area (Å²) < 4.78 is 17.0. The summed E-state index contributed by atoms with van der Waals surface area (Å²) in [7, 11) is 1.59. The molecule has 2 aromatic carbocycles. The first kappa shape index (κ1) is 19.9. The van der Waals surface area contributed by atoms with E-state index in [1.54, 1.807) is 7.11 Å². The van der Waals surface area contributed by atoms with E-state index >= 15 is 0 Å². The first-order valence-electron chi connectivity index (χ1n) is 8.59. The number of nitrogens with one attached hydrogen (secondary N) is 1. The molecule has 0 unspecified atom stereocenters. The van der Waals surface area contributed by atoms with Crippen molar-refractivity contribution in [2.45, 2.75) is 20.4 Å². The molecule has 1 amide bonds. The number of halogens is 1. The molecule has 1 N–H and O–H groups in total. The Morgan fingerprint density at radius 2 is 1.93 bits per heavy atom. The van der Waals surface area contributed by atoms with E-state index in [4.69, 9.17) is 14.0 Å². The molecule has 8 heteroatoms. The van der Waals surface area contributed by atoms with Gasteiger partial charge in [0.25, 0.3) is 5.91 Å². The van der Waals surface area contributed by atoms with Gasteiger partial charge in [-0.25, -0.2) is 0 Å². The molecule has 0 bridgehead atoms. The molecule has 146 valence electrons. The molecular weight excluding hydrogens is 426 g/mol. The van der Waals surface area contributed by atoms with Crippen LogP contribution in [0.5, 0.6) is 11.5 Å². The first-order valence-corrected chi connectivity index (χ1v) is 9.39. The van der Waals surface area contributed by atoms with Crippen molar-refractivity contribution in [3.63, 3.8) is 0 Å². The van der Waals surface area contributed by atoms with Crippen molar-refractivity contribution in [2.24, 2.45) is 0 Å². The molecule has 0 fully saturated rings. The van der Waals surface area contributed by atoms with Crippen LogP contribution in [0.3, 0.4) is 0 Å². The lowest BCUT2D eigenvalue weighted by Gasteiger charge is -2.10. The number of nitrogens with zero attached hydrogens (tertiary/aromatic N) is 2. The third-order valence-corrected chi connectivity index (χ3v) is 5.26. The Balaban J connectivity index is 1.53. The zero-order chi connectivity index (χ0) is 20.1. The van der Waals surface area contributed by atoms with Crippen molar-refractivity contribution in [2.75, 3.05) is 13.7 Å². The molecule has 0 saturated carbocycles. The van der Waals surface area contributed by atoms with E-state index < -0.39 is 0 Å². The smallest absolute Gasteiger partial charge is 0.258 e. The number of aromatic nitrogens is 2. The van der Waals surface area contributed by atoms with Crippen LogP contribution in [-0.2, 0) is 11.3 Å². The highest BCUT2D eigenvalue weighted by Gasteiger charge is 2.11. The Morgan fingerprint density at radius 1 is 1.18 bits per heavy atom. The average Bonchev–Trinajstić information content (AvgIpc) is 3.18. The predicted octanol–water partition coefficient (Wildman–Crippen LogP) is 3.82. The van der Waals surface area contributed by atoms with Crippen molar-refractivity contribution >= 4 is 21.8 Å². The molecule has 0 atom stereocenters. The maximum Gasteiger partial charge on any atom is 0.258 e. The van der Waals surface area contributed by atoms with Crippen LogP contribution in [-0.4, -0.2) is 29.8 Å². The highest BCUT2D eigenvalue weighted by molar-refractivity contribution is 9.10. The zero-order valence-electron chi connectivity index (χ0n) is 15.8. The highest BCUT2D eigenvalue weighted by atomic mass is 79.9. The number of hydrogen-bond acceptors (Lipinski definition) is 6. The number of carbonyl (C=O) groups excluding carboxylic acids is 1. The second-order valence-corrected chi connectivity index (χ2v) is 6.97. The SMILES string of the molecule is COc1cccc(-c2noc(CNC(=O)COc3cc(C)c(Br)c(C)c3)n2)c1. The van der Waals surface area contributed by atoms with Crippen molar-refractivity contribution in [3.8, 4) is 22.9 Å². The van der Waals surface area contributed by atoms with Gasteiger partial charge < -0.3 is 19.3 Å². The van der Waals surface area contributed by atoms with Gasteiger partial charge in [-0.2, -0.15) is 4.98 Å². The third-order valence-electron chi connectivity index (χ3n) is 4.01. The number of benzene rings is 2. The molecule has 0 aliphatic heterocycles. The lowest BCUT2D eigenvalue weighted by molar-refractivity contribution is -0.123. The average molecular weight is 446 g/mol. The van der Waals surface area contributed by atoms with Crippen LogP contribution >= 0.6 is 15.9 Å². The van der Waals surface area contributed by atoms with Gasteiger partial charge in [0.15, 0.2) is 6.61 Å². The van der Waals surface area contributed by atoms with Gasteiger partial charge in [0.2, 0.25) is 11.7 Å². The van der Waals surface area contributed by atoms with Gasteiger partial charge in [-0.15, -0.1) is 0 Å². The van der Waals surface area contributed by atoms with E-state index in [0.29, 0.717) is 23.2 Å². The molecule has 1 aromatic heterocycles. The molecule has 7 nitrogen and oxygen atoms in total. The number of amides is 1. The summed E-state index contributed by atoms with van der Waals surface area (Å²) in [5, 5.41) is 6.64. The minimum Gasteiger partial charge on any atom is -0.497 e. The van der Waals surface area contributed by atoms with E-state index in [0.717, 1.165) is 21.2 Å². The largest absolute Gasteiger partial charge is 0.497 e. The number of methoxy groups -OCH3 is 1. The van der Waals surface area contributed by atoms with Gasteiger partial charge in [-0.05, 0) is 49.2 Å². The maximum atomic E-state index is 12.0. The summed E-state index contributed by atoms with van der Waals surface area (Å²) in [5.74, 6) is 1.81. The lowest BCUT2D eigenvalue weighted by atomic mass is 10.1. The van der Waals surface area contributed by atoms with E-state index in [9.17, 15) is 4.79 Å². The van der Waals surface area contributed by atoms with Gasteiger partial charge in [-0.1, -0.05) is 33.2 Å². The summed E-state index contributed by atoms with van der Waals surface area (Å²) in [4.78, 5) is 16.3. The molecule has 28 heavy (non-hydrogen) atoms. The van der Waals surface area contributed by atoms with Crippen molar-refractivity contribution in [1.82, 2.24) is 15.5 Å². The molecule has 0 aliphatic carbocycles. The third kappa shape index (κ3) is 4.89. The highest BCUT2D eigenvalue weighted by Crippen LogP contribution is 2.26. The molecule has 3 aromatic rings. The van der Waals surface area contributed by atoms with E-state index in [1.807, 2.05) is 50.2 Å². The molecule has 1 heterocycles. The van der Waals surface area contributed by atoms with Crippen LogP contribution in [0, 0.1) is 13.8 Å². The fraction of sp³-hybridized carbons (Fsp3) is 0.250. The molecule has 0 saturated heterocycles. The molecular formula is C20H20BrN3O4. The Morgan fingerprint density at radius 3 is 2.64 bits per heavy atom. The van der Waals surface area contributed by atoms with Crippen molar-refractivity contribution < 1.29 is 18.8 Å². The topological polar surface area (TPSA) is 86.5 Å². The summed E-state index contributed by atoms with van der Waals surface area (Å²) in [6.07, 6.45) is 0. The molecule has 0 spiro atoms. The number of hydrogen-bond donors (Lipinski definition) is 1. The lowest BCUT2D eigenvalue weighted by Crippen LogP contribution is -2.28. The normalized spacial score (nSPS) is 10.6. The maximum absolute atomic E-state index is 12.0. The van der Waals surface area contributed by atoms with Crippen LogP contribution in [0.2, 0.25) is 0 Å². The van der Waals surface area contributed by atoms with Crippen LogP contribution in [0.1, 0.15) is 17.0 Å². The minimum atomic E-state index is -0.278. The Labute approximate surface area is 171 Å². The molecule has 0 aliphatic rings. The van der Waals surface area contributed by atoms with Gasteiger partial charge in [0.05, 0.1) is 13.7 Å². The van der Waals surface area contributed by atoms with Crippen LogP contribution < -0.4 is 14.8 Å². The fourth-order valence-corrected chi connectivity index (χ4v) is 2.80. The Bertz CT molecular complexity index is 964. The number of rotatable bonds is 7. The first-order chi connectivity index (χ1) is 13.5.